The van der Waals surface area contributed by atoms with Crippen LogP contribution in [0.25, 0.3) is 11.6 Å². The van der Waals surface area contributed by atoms with E-state index in [0.29, 0.717) is 35.8 Å². The number of carbonyl (C=O) groups is 1. The molecule has 0 saturated carbocycles. The zero-order chi connectivity index (χ0) is 19.0. The maximum atomic E-state index is 13.4. The van der Waals surface area contributed by atoms with Gasteiger partial charge in [-0.15, -0.1) is 0 Å². The third kappa shape index (κ3) is 3.25. The summed E-state index contributed by atoms with van der Waals surface area (Å²) < 4.78 is 18.9. The number of urea groups is 1. The Bertz CT molecular complexity index is 989. The Labute approximate surface area is 155 Å². The van der Waals surface area contributed by atoms with E-state index in [-0.39, 0.29) is 17.9 Å². The highest BCUT2D eigenvalue weighted by Gasteiger charge is 2.32. The van der Waals surface area contributed by atoms with Crippen molar-refractivity contribution in [3.63, 3.8) is 0 Å². The number of carbonyl (C=O) groups excluding carboxylic acids is 1. The number of fused-ring (bicyclic) bond motifs is 1. The van der Waals surface area contributed by atoms with E-state index in [2.05, 4.69) is 20.4 Å². The minimum Gasteiger partial charge on any atom is -0.352 e. The zero-order valence-corrected chi connectivity index (χ0v) is 14.9. The van der Waals surface area contributed by atoms with Crippen LogP contribution in [0.2, 0.25) is 0 Å². The number of nitrogens with zero attached hydrogens (tertiary/aromatic N) is 4. The molecule has 4 rings (SSSR count). The summed E-state index contributed by atoms with van der Waals surface area (Å²) in [5.74, 6) is 0.615. The van der Waals surface area contributed by atoms with E-state index in [9.17, 15) is 9.18 Å². The van der Waals surface area contributed by atoms with Gasteiger partial charge in [0.05, 0.1) is 12.2 Å². The lowest BCUT2D eigenvalue weighted by Crippen LogP contribution is -2.44. The highest BCUT2D eigenvalue weighted by molar-refractivity contribution is 5.90. The van der Waals surface area contributed by atoms with E-state index in [1.807, 2.05) is 6.92 Å². The molecular formula is C19H18FN5O2. The number of aryl methyl sites for hydroxylation is 1. The summed E-state index contributed by atoms with van der Waals surface area (Å²) in [6.07, 6.45) is 3.83. The van der Waals surface area contributed by atoms with Gasteiger partial charge in [0.1, 0.15) is 5.82 Å². The van der Waals surface area contributed by atoms with E-state index < -0.39 is 0 Å². The molecule has 2 aromatic heterocycles. The SMILES string of the molecule is Cc1cc(NC(=O)N2Cc3c(noc3-c3ncccn3)CC2C)ccc1F. The average molecular weight is 367 g/mol. The molecule has 0 bridgehead atoms. The molecule has 0 saturated heterocycles. The summed E-state index contributed by atoms with van der Waals surface area (Å²) in [6, 6.07) is 5.89. The number of rotatable bonds is 2. The largest absolute Gasteiger partial charge is 0.352 e. The number of amides is 2. The van der Waals surface area contributed by atoms with Crippen LogP contribution >= 0.6 is 0 Å². The van der Waals surface area contributed by atoms with Crippen LogP contribution in [0.5, 0.6) is 0 Å². The van der Waals surface area contributed by atoms with E-state index in [4.69, 9.17) is 4.52 Å². The van der Waals surface area contributed by atoms with Crippen molar-refractivity contribution < 1.29 is 13.7 Å². The molecule has 27 heavy (non-hydrogen) atoms. The molecule has 1 atom stereocenters. The summed E-state index contributed by atoms with van der Waals surface area (Å²) in [5, 5.41) is 6.96. The molecule has 0 aliphatic carbocycles. The number of benzene rings is 1. The summed E-state index contributed by atoms with van der Waals surface area (Å²) >= 11 is 0. The maximum Gasteiger partial charge on any atom is 0.322 e. The lowest BCUT2D eigenvalue weighted by atomic mass is 10.00. The first kappa shape index (κ1) is 17.1. The third-order valence-electron chi connectivity index (χ3n) is 4.66. The smallest absolute Gasteiger partial charge is 0.322 e. The van der Waals surface area contributed by atoms with Gasteiger partial charge >= 0.3 is 6.03 Å². The number of anilines is 1. The molecule has 0 fully saturated rings. The van der Waals surface area contributed by atoms with Gasteiger partial charge in [0, 0.05) is 36.1 Å². The van der Waals surface area contributed by atoms with Crippen LogP contribution in [0.3, 0.4) is 0 Å². The minimum absolute atomic E-state index is 0.0614. The van der Waals surface area contributed by atoms with Crippen LogP contribution in [0.1, 0.15) is 23.7 Å². The molecular weight excluding hydrogens is 349 g/mol. The lowest BCUT2D eigenvalue weighted by Gasteiger charge is -2.32. The topological polar surface area (TPSA) is 84.2 Å². The van der Waals surface area contributed by atoms with Crippen molar-refractivity contribution in [2.45, 2.75) is 32.9 Å². The maximum absolute atomic E-state index is 13.4. The molecule has 3 aromatic rings. The quantitative estimate of drug-likeness (QED) is 0.749. The average Bonchev–Trinajstić information content (AvgIpc) is 3.07. The fraction of sp³-hybridized carbons (Fsp3) is 0.263. The van der Waals surface area contributed by atoms with E-state index in [0.717, 1.165) is 11.3 Å². The molecule has 0 radical (unpaired) electrons. The predicted molar refractivity (Wildman–Crippen MR) is 96.4 cm³/mol. The number of hydrogen-bond donors (Lipinski definition) is 1. The highest BCUT2D eigenvalue weighted by atomic mass is 19.1. The molecule has 1 aliphatic rings. The van der Waals surface area contributed by atoms with Crippen LogP contribution in [-0.2, 0) is 13.0 Å². The zero-order valence-electron chi connectivity index (χ0n) is 14.9. The Hall–Kier alpha value is -3.29. The van der Waals surface area contributed by atoms with Crippen molar-refractivity contribution in [2.75, 3.05) is 5.32 Å². The number of hydrogen-bond acceptors (Lipinski definition) is 5. The van der Waals surface area contributed by atoms with Gasteiger partial charge in [-0.3, -0.25) is 0 Å². The van der Waals surface area contributed by atoms with Crippen LogP contribution in [0, 0.1) is 12.7 Å². The standard InChI is InChI=1S/C19H18FN5O2/c1-11-8-13(4-5-15(11)20)23-19(26)25-10-14-16(9-12(25)2)24-27-17(14)18-21-6-3-7-22-18/h3-8,12H,9-10H2,1-2H3,(H,23,26). The summed E-state index contributed by atoms with van der Waals surface area (Å²) in [7, 11) is 0. The van der Waals surface area contributed by atoms with Gasteiger partial charge in [-0.1, -0.05) is 5.16 Å². The lowest BCUT2D eigenvalue weighted by molar-refractivity contribution is 0.182. The van der Waals surface area contributed by atoms with Gasteiger partial charge in [-0.05, 0) is 43.7 Å². The number of halogens is 1. The molecule has 8 heteroatoms. The summed E-state index contributed by atoms with van der Waals surface area (Å²) in [4.78, 5) is 22.9. The van der Waals surface area contributed by atoms with Gasteiger partial charge < -0.3 is 14.7 Å². The summed E-state index contributed by atoms with van der Waals surface area (Å²) in [5.41, 5.74) is 2.65. The summed E-state index contributed by atoms with van der Waals surface area (Å²) in [6.45, 7) is 3.94. The molecule has 1 unspecified atom stereocenters. The van der Waals surface area contributed by atoms with Crippen molar-refractivity contribution in [1.82, 2.24) is 20.0 Å². The van der Waals surface area contributed by atoms with Crippen molar-refractivity contribution >= 4 is 11.7 Å². The number of nitrogens with one attached hydrogen (secondary N) is 1. The number of aromatic nitrogens is 3. The Kier molecular flexibility index (Phi) is 4.31. The Morgan fingerprint density at radius 2 is 2.11 bits per heavy atom. The fourth-order valence-corrected chi connectivity index (χ4v) is 3.16. The molecule has 2 amide bonds. The second-order valence-corrected chi connectivity index (χ2v) is 6.58. The van der Waals surface area contributed by atoms with Gasteiger partial charge in [-0.2, -0.15) is 0 Å². The Morgan fingerprint density at radius 3 is 2.85 bits per heavy atom. The van der Waals surface area contributed by atoms with Crippen molar-refractivity contribution in [1.29, 1.82) is 0 Å². The van der Waals surface area contributed by atoms with Crippen molar-refractivity contribution in [2.24, 2.45) is 0 Å². The molecule has 1 aromatic carbocycles. The van der Waals surface area contributed by atoms with E-state index in [1.165, 1.54) is 6.07 Å². The fourth-order valence-electron chi connectivity index (χ4n) is 3.16. The molecule has 138 valence electrons. The molecule has 1 aliphatic heterocycles. The van der Waals surface area contributed by atoms with Crippen LogP contribution in [0.15, 0.2) is 41.2 Å². The van der Waals surface area contributed by atoms with Crippen LogP contribution < -0.4 is 5.32 Å². The van der Waals surface area contributed by atoms with E-state index in [1.54, 1.807) is 42.4 Å². The molecule has 7 nitrogen and oxygen atoms in total. The monoisotopic (exact) mass is 367 g/mol. The Morgan fingerprint density at radius 1 is 1.33 bits per heavy atom. The Balaban J connectivity index is 1.58. The first-order valence-electron chi connectivity index (χ1n) is 8.61. The third-order valence-corrected chi connectivity index (χ3v) is 4.66. The normalized spacial score (nSPS) is 16.1. The van der Waals surface area contributed by atoms with Gasteiger partial charge in [-0.25, -0.2) is 19.2 Å². The van der Waals surface area contributed by atoms with Gasteiger partial charge in [0.25, 0.3) is 0 Å². The van der Waals surface area contributed by atoms with Gasteiger partial charge in [0.15, 0.2) is 5.82 Å². The van der Waals surface area contributed by atoms with Crippen molar-refractivity contribution in [3.05, 3.63) is 59.3 Å². The first-order valence-corrected chi connectivity index (χ1v) is 8.61. The van der Waals surface area contributed by atoms with Crippen LogP contribution in [-0.4, -0.2) is 32.1 Å². The van der Waals surface area contributed by atoms with Crippen LogP contribution in [0.4, 0.5) is 14.9 Å². The molecule has 1 N–H and O–H groups in total. The first-order chi connectivity index (χ1) is 13.0. The highest BCUT2D eigenvalue weighted by Crippen LogP contribution is 2.31. The van der Waals surface area contributed by atoms with Gasteiger partial charge in [0.2, 0.25) is 5.76 Å². The van der Waals surface area contributed by atoms with E-state index >= 15 is 0 Å². The predicted octanol–water partition coefficient (Wildman–Crippen LogP) is 3.56. The molecule has 0 spiro atoms. The second-order valence-electron chi connectivity index (χ2n) is 6.58. The molecule has 3 heterocycles. The van der Waals surface area contributed by atoms with Crippen molar-refractivity contribution in [3.8, 4) is 11.6 Å². The minimum atomic E-state index is -0.305. The second kappa shape index (κ2) is 6.79.